The summed E-state index contributed by atoms with van der Waals surface area (Å²) in [5, 5.41) is 3.90. The highest BCUT2D eigenvalue weighted by Gasteiger charge is 2.14. The van der Waals surface area contributed by atoms with Crippen LogP contribution in [0.15, 0.2) is 65.8 Å². The van der Waals surface area contributed by atoms with E-state index < -0.39 is 0 Å². The number of carbonyl (C=O) groups is 1. The van der Waals surface area contributed by atoms with Crippen molar-refractivity contribution >= 4 is 17.7 Å². The fraction of sp³-hybridized carbons (Fsp3) is 0.333. The number of imidazole rings is 1. The van der Waals surface area contributed by atoms with E-state index in [0.717, 1.165) is 59.1 Å². The van der Waals surface area contributed by atoms with Crippen molar-refractivity contribution in [2.45, 2.75) is 37.3 Å². The van der Waals surface area contributed by atoms with Crippen molar-refractivity contribution in [2.24, 2.45) is 5.73 Å². The summed E-state index contributed by atoms with van der Waals surface area (Å²) >= 11 is 1.69. The lowest BCUT2D eigenvalue weighted by atomic mass is 10.1. The zero-order valence-corrected chi connectivity index (χ0v) is 18.1. The van der Waals surface area contributed by atoms with Gasteiger partial charge in [0.25, 0.3) is 0 Å². The molecule has 0 fully saturated rings. The average Bonchev–Trinajstić information content (AvgIpc) is 3.22. The smallest absolute Gasteiger partial charge is 0.219 e. The third-order valence-corrected chi connectivity index (χ3v) is 5.74. The number of thioether (sulfide) groups is 1. The van der Waals surface area contributed by atoms with Crippen molar-refractivity contribution in [1.29, 1.82) is 0 Å². The minimum atomic E-state index is 0.132. The van der Waals surface area contributed by atoms with Crippen LogP contribution in [0.5, 0.6) is 0 Å². The minimum Gasteiger partial charge on any atom is -0.356 e. The molecular weight excluding hydrogens is 392 g/mol. The maximum Gasteiger partial charge on any atom is 0.219 e. The Balaban J connectivity index is 1.53. The molecule has 0 bridgehead atoms. The van der Waals surface area contributed by atoms with E-state index in [2.05, 4.69) is 34.6 Å². The van der Waals surface area contributed by atoms with E-state index in [1.165, 1.54) is 0 Å². The van der Waals surface area contributed by atoms with Crippen LogP contribution in [-0.2, 0) is 4.79 Å². The van der Waals surface area contributed by atoms with Gasteiger partial charge in [-0.15, -0.1) is 0 Å². The van der Waals surface area contributed by atoms with E-state index in [4.69, 9.17) is 10.7 Å². The van der Waals surface area contributed by atoms with Gasteiger partial charge in [0.1, 0.15) is 0 Å². The van der Waals surface area contributed by atoms with Gasteiger partial charge in [0.2, 0.25) is 5.91 Å². The van der Waals surface area contributed by atoms with E-state index in [1.54, 1.807) is 11.8 Å². The lowest BCUT2D eigenvalue weighted by Crippen LogP contribution is -2.24. The number of carbonyl (C=O) groups excluding carboxylic acids is 1. The lowest BCUT2D eigenvalue weighted by Gasteiger charge is -2.04. The molecule has 0 saturated carbocycles. The summed E-state index contributed by atoms with van der Waals surface area (Å²) in [6.07, 6.45) is 4.41. The van der Waals surface area contributed by atoms with Gasteiger partial charge in [-0.3, -0.25) is 4.79 Å². The van der Waals surface area contributed by atoms with E-state index in [0.29, 0.717) is 19.5 Å². The number of H-pyrrole nitrogens is 1. The van der Waals surface area contributed by atoms with Gasteiger partial charge >= 0.3 is 0 Å². The maximum atomic E-state index is 11.8. The second kappa shape index (κ2) is 12.2. The highest BCUT2D eigenvalue weighted by molar-refractivity contribution is 7.99. The first-order chi connectivity index (χ1) is 14.8. The molecule has 0 unspecified atom stereocenters. The fourth-order valence-electron chi connectivity index (χ4n) is 3.20. The quantitative estimate of drug-likeness (QED) is 0.287. The Morgan fingerprint density at radius 2 is 1.63 bits per heavy atom. The molecule has 158 valence electrons. The van der Waals surface area contributed by atoms with E-state index in [-0.39, 0.29) is 5.91 Å². The molecule has 6 heteroatoms. The first-order valence-electron chi connectivity index (χ1n) is 10.6. The average molecular weight is 423 g/mol. The molecule has 4 N–H and O–H groups in total. The second-order valence-electron chi connectivity index (χ2n) is 7.15. The third-order valence-electron chi connectivity index (χ3n) is 4.78. The minimum absolute atomic E-state index is 0.132. The summed E-state index contributed by atoms with van der Waals surface area (Å²) in [4.78, 5) is 20.2. The van der Waals surface area contributed by atoms with Crippen LogP contribution in [0.4, 0.5) is 0 Å². The first-order valence-corrected chi connectivity index (χ1v) is 11.6. The van der Waals surface area contributed by atoms with Gasteiger partial charge in [-0.05, 0) is 25.8 Å². The molecule has 0 aliphatic rings. The van der Waals surface area contributed by atoms with Crippen molar-refractivity contribution < 1.29 is 4.79 Å². The topological polar surface area (TPSA) is 83.8 Å². The summed E-state index contributed by atoms with van der Waals surface area (Å²) in [5.41, 5.74) is 9.70. The van der Waals surface area contributed by atoms with Crippen LogP contribution in [0.3, 0.4) is 0 Å². The molecule has 0 aliphatic carbocycles. The molecule has 1 heterocycles. The number of aromatic amines is 1. The van der Waals surface area contributed by atoms with Gasteiger partial charge in [0, 0.05) is 29.8 Å². The largest absolute Gasteiger partial charge is 0.356 e. The van der Waals surface area contributed by atoms with Crippen molar-refractivity contribution in [2.75, 3.05) is 18.8 Å². The number of nitrogens with zero attached hydrogens (tertiary/aromatic N) is 1. The molecule has 3 rings (SSSR count). The summed E-state index contributed by atoms with van der Waals surface area (Å²) in [7, 11) is 0. The Hall–Kier alpha value is -2.57. The number of nitrogens with one attached hydrogen (secondary N) is 2. The third kappa shape index (κ3) is 6.75. The van der Waals surface area contributed by atoms with Crippen molar-refractivity contribution in [3.63, 3.8) is 0 Å². The molecule has 0 atom stereocenters. The van der Waals surface area contributed by atoms with E-state index in [9.17, 15) is 4.79 Å². The Morgan fingerprint density at radius 3 is 2.33 bits per heavy atom. The molecule has 0 spiro atoms. The zero-order chi connectivity index (χ0) is 21.0. The predicted octanol–water partition coefficient (Wildman–Crippen LogP) is 4.86. The first kappa shape index (κ1) is 22.1. The Kier molecular flexibility index (Phi) is 9.00. The number of benzene rings is 2. The number of rotatable bonds is 12. The highest BCUT2D eigenvalue weighted by atomic mass is 32.2. The molecule has 1 amide bonds. The lowest BCUT2D eigenvalue weighted by molar-refractivity contribution is -0.121. The van der Waals surface area contributed by atoms with Crippen molar-refractivity contribution in [1.82, 2.24) is 15.3 Å². The molecular formula is C24H30N4OS. The molecule has 0 saturated heterocycles. The molecule has 0 aliphatic heterocycles. The number of aromatic nitrogens is 2. The molecule has 30 heavy (non-hydrogen) atoms. The van der Waals surface area contributed by atoms with Crippen LogP contribution in [-0.4, -0.2) is 34.7 Å². The molecule has 5 nitrogen and oxygen atoms in total. The van der Waals surface area contributed by atoms with Crippen molar-refractivity contribution in [3.05, 3.63) is 60.7 Å². The Bertz CT molecular complexity index is 839. The van der Waals surface area contributed by atoms with Gasteiger partial charge in [-0.2, -0.15) is 0 Å². The molecule has 3 aromatic rings. The van der Waals surface area contributed by atoms with Gasteiger partial charge in [-0.25, -0.2) is 4.98 Å². The van der Waals surface area contributed by atoms with Gasteiger partial charge in [0.05, 0.1) is 11.4 Å². The Morgan fingerprint density at radius 1 is 0.933 bits per heavy atom. The summed E-state index contributed by atoms with van der Waals surface area (Å²) in [6.45, 7) is 1.39. The summed E-state index contributed by atoms with van der Waals surface area (Å²) < 4.78 is 0. The SMILES string of the molecule is NCCCCCC(=O)NCCCSc1nc(-c2ccccc2)c(-c2ccccc2)[nH]1. The fourth-order valence-corrected chi connectivity index (χ4v) is 4.01. The summed E-state index contributed by atoms with van der Waals surface area (Å²) in [6, 6.07) is 20.5. The van der Waals surface area contributed by atoms with Crippen LogP contribution < -0.4 is 11.1 Å². The molecule has 0 radical (unpaired) electrons. The van der Waals surface area contributed by atoms with Crippen LogP contribution >= 0.6 is 11.8 Å². The van der Waals surface area contributed by atoms with Gasteiger partial charge < -0.3 is 16.0 Å². The van der Waals surface area contributed by atoms with Gasteiger partial charge in [0.15, 0.2) is 5.16 Å². The maximum absolute atomic E-state index is 11.8. The number of hydrogen-bond donors (Lipinski definition) is 3. The van der Waals surface area contributed by atoms with Crippen LogP contribution in [0.2, 0.25) is 0 Å². The molecule has 2 aromatic carbocycles. The molecule has 1 aromatic heterocycles. The number of hydrogen-bond acceptors (Lipinski definition) is 4. The second-order valence-corrected chi connectivity index (χ2v) is 8.23. The zero-order valence-electron chi connectivity index (χ0n) is 17.3. The predicted molar refractivity (Wildman–Crippen MR) is 125 cm³/mol. The highest BCUT2D eigenvalue weighted by Crippen LogP contribution is 2.32. The number of nitrogens with two attached hydrogens (primary N) is 1. The number of unbranched alkanes of at least 4 members (excludes halogenated alkanes) is 2. The number of amides is 1. The monoisotopic (exact) mass is 422 g/mol. The van der Waals surface area contributed by atoms with E-state index in [1.807, 2.05) is 36.4 Å². The van der Waals surface area contributed by atoms with Crippen LogP contribution in [0, 0.1) is 0 Å². The normalized spacial score (nSPS) is 10.8. The van der Waals surface area contributed by atoms with Crippen LogP contribution in [0.25, 0.3) is 22.5 Å². The van der Waals surface area contributed by atoms with Gasteiger partial charge in [-0.1, -0.05) is 78.8 Å². The van der Waals surface area contributed by atoms with E-state index >= 15 is 0 Å². The summed E-state index contributed by atoms with van der Waals surface area (Å²) in [5.74, 6) is 1.02. The van der Waals surface area contributed by atoms with Crippen molar-refractivity contribution in [3.8, 4) is 22.5 Å². The standard InChI is InChI=1S/C24H30N4OS/c25-16-9-3-8-15-21(29)26-17-10-18-30-24-27-22(19-11-4-1-5-12-19)23(28-24)20-13-6-2-7-14-20/h1-2,4-7,11-14H,3,8-10,15-18,25H2,(H,26,29)(H,27,28). The Labute approximate surface area is 182 Å². The van der Waals surface area contributed by atoms with Crippen LogP contribution in [0.1, 0.15) is 32.1 Å².